The largest absolute Gasteiger partial charge is 0.478 e. The zero-order valence-electron chi connectivity index (χ0n) is 45.9. The SMILES string of the molecule is CN(C)/C=C/C(=O)c1cccnc1.NC(N)=Nc1ccc(C(=O)O)cc1.Nc1ccccc1N.Nc1ccccc1NC(=O)c1ccc(Nc2nccc(-c3cccnc3)n2)cc1.O=C(O)c1ccc(Nc2nccc(-c3cccnc3)n2)cc1. The van der Waals surface area contributed by atoms with Crippen molar-refractivity contribution >= 4 is 81.3 Å². The topological polar surface area (TPSA) is 381 Å². The van der Waals surface area contributed by atoms with E-state index in [9.17, 15) is 19.2 Å². The first-order valence-corrected chi connectivity index (χ1v) is 25.4. The minimum atomic E-state index is -0.976. The molecule has 0 aliphatic rings. The van der Waals surface area contributed by atoms with Crippen molar-refractivity contribution in [2.45, 2.75) is 0 Å². The van der Waals surface area contributed by atoms with Gasteiger partial charge in [-0.1, -0.05) is 24.3 Å². The Morgan fingerprint density at radius 3 is 1.35 bits per heavy atom. The van der Waals surface area contributed by atoms with E-state index in [1.54, 1.807) is 135 Å². The molecule has 0 radical (unpaired) electrons. The number of amides is 1. The molecule has 10 rings (SSSR count). The second-order valence-corrected chi connectivity index (χ2v) is 17.7. The van der Waals surface area contributed by atoms with Gasteiger partial charge in [0.2, 0.25) is 11.9 Å². The van der Waals surface area contributed by atoms with E-state index in [2.05, 4.69) is 55.8 Å². The summed E-state index contributed by atoms with van der Waals surface area (Å²) in [6, 6.07) is 48.4. The number of nitrogens with zero attached hydrogens (tertiary/aromatic N) is 9. The Bertz CT molecular complexity index is 3800. The van der Waals surface area contributed by atoms with Crippen LogP contribution in [0.1, 0.15) is 41.4 Å². The first-order valence-electron chi connectivity index (χ1n) is 25.4. The number of nitrogens with one attached hydrogen (secondary N) is 3. The van der Waals surface area contributed by atoms with Crippen LogP contribution in [0.5, 0.6) is 0 Å². The molecule has 428 valence electrons. The van der Waals surface area contributed by atoms with Gasteiger partial charge in [0.25, 0.3) is 5.91 Å². The second-order valence-electron chi connectivity index (χ2n) is 17.7. The first kappa shape index (κ1) is 61.8. The number of guanidine groups is 1. The highest BCUT2D eigenvalue weighted by atomic mass is 16.4. The minimum absolute atomic E-state index is 0.0261. The molecular weight excluding hydrogens is 1080 g/mol. The number of ketones is 1. The number of aromatic nitrogens is 7. The van der Waals surface area contributed by atoms with Crippen LogP contribution in [0.25, 0.3) is 22.5 Å². The number of aliphatic imine (C=N–C) groups is 1. The summed E-state index contributed by atoms with van der Waals surface area (Å²) in [7, 11) is 3.74. The van der Waals surface area contributed by atoms with Gasteiger partial charge in [0, 0.05) is 110 Å². The van der Waals surface area contributed by atoms with Crippen LogP contribution >= 0.6 is 0 Å². The molecule has 0 aliphatic heterocycles. The van der Waals surface area contributed by atoms with Crippen molar-refractivity contribution in [3.8, 4) is 22.5 Å². The van der Waals surface area contributed by atoms with Crippen LogP contribution < -0.4 is 44.6 Å². The highest BCUT2D eigenvalue weighted by molar-refractivity contribution is 6.06. The lowest BCUT2D eigenvalue weighted by Crippen LogP contribution is -2.21. The maximum absolute atomic E-state index is 12.4. The molecule has 0 spiro atoms. The Kier molecular flexibility index (Phi) is 23.3. The fraction of sp³-hybridized carbons (Fsp3) is 0.0323. The molecule has 0 fully saturated rings. The van der Waals surface area contributed by atoms with Crippen molar-refractivity contribution in [2.24, 2.45) is 16.5 Å². The molecule has 10 aromatic rings. The summed E-state index contributed by atoms with van der Waals surface area (Å²) in [4.78, 5) is 80.0. The maximum Gasteiger partial charge on any atom is 0.335 e. The molecule has 23 nitrogen and oxygen atoms in total. The molecule has 0 saturated heterocycles. The highest BCUT2D eigenvalue weighted by Gasteiger charge is 2.10. The summed E-state index contributed by atoms with van der Waals surface area (Å²) in [5.41, 5.74) is 36.2. The number of allylic oxidation sites excluding steroid dienone is 1. The normalized spacial score (nSPS) is 10.0. The van der Waals surface area contributed by atoms with Crippen LogP contribution in [-0.4, -0.2) is 93.7 Å². The molecule has 5 heterocycles. The third-order valence-electron chi connectivity index (χ3n) is 11.1. The zero-order valence-corrected chi connectivity index (χ0v) is 45.9. The molecular formula is C62H59N17O6. The van der Waals surface area contributed by atoms with Crippen molar-refractivity contribution in [3.63, 3.8) is 0 Å². The van der Waals surface area contributed by atoms with Gasteiger partial charge in [-0.15, -0.1) is 0 Å². The molecule has 5 aromatic heterocycles. The van der Waals surface area contributed by atoms with Crippen LogP contribution in [-0.2, 0) is 0 Å². The van der Waals surface area contributed by atoms with E-state index in [1.165, 1.54) is 42.5 Å². The van der Waals surface area contributed by atoms with Crippen LogP contribution in [0.4, 0.5) is 51.7 Å². The lowest BCUT2D eigenvalue weighted by molar-refractivity contribution is 0.0686. The number of carboxylic acid groups (broad SMARTS) is 2. The quantitative estimate of drug-likeness (QED) is 0.0159. The number of nitrogen functional groups attached to an aromatic ring is 3. The average Bonchev–Trinajstić information content (AvgIpc) is 3.72. The van der Waals surface area contributed by atoms with Crippen LogP contribution in [0.3, 0.4) is 0 Å². The average molecular weight is 1140 g/mol. The summed E-state index contributed by atoms with van der Waals surface area (Å²) in [5, 5.41) is 26.4. The van der Waals surface area contributed by atoms with Crippen LogP contribution in [0, 0.1) is 0 Å². The number of nitrogens with two attached hydrogens (primary N) is 5. The molecule has 0 bridgehead atoms. The fourth-order valence-corrected chi connectivity index (χ4v) is 6.81. The lowest BCUT2D eigenvalue weighted by Gasteiger charge is -2.09. The number of carbonyl (C=O) groups is 4. The molecule has 85 heavy (non-hydrogen) atoms. The van der Waals surface area contributed by atoms with E-state index >= 15 is 0 Å². The molecule has 0 atom stereocenters. The van der Waals surface area contributed by atoms with E-state index in [1.807, 2.05) is 73.6 Å². The molecule has 1 amide bonds. The number of benzene rings is 5. The first-order chi connectivity index (χ1) is 41.0. The van der Waals surface area contributed by atoms with Gasteiger partial charge in [0.1, 0.15) is 0 Å². The summed E-state index contributed by atoms with van der Waals surface area (Å²) in [5.74, 6) is -1.35. The van der Waals surface area contributed by atoms with Crippen molar-refractivity contribution in [1.82, 2.24) is 39.8 Å². The minimum Gasteiger partial charge on any atom is -0.478 e. The van der Waals surface area contributed by atoms with E-state index in [-0.39, 0.29) is 28.8 Å². The van der Waals surface area contributed by atoms with Crippen molar-refractivity contribution in [3.05, 3.63) is 254 Å². The Morgan fingerprint density at radius 1 is 0.494 bits per heavy atom. The number of hydrogen-bond donors (Lipinski definition) is 10. The molecule has 0 saturated carbocycles. The number of rotatable bonds is 14. The number of anilines is 8. The number of carboxylic acids is 2. The van der Waals surface area contributed by atoms with Gasteiger partial charge in [0.05, 0.1) is 51.0 Å². The number of para-hydroxylation sites is 4. The van der Waals surface area contributed by atoms with Gasteiger partial charge in [-0.05, 0) is 146 Å². The number of carbonyl (C=O) groups excluding carboxylic acids is 2. The monoisotopic (exact) mass is 1140 g/mol. The third kappa shape index (κ3) is 21.0. The van der Waals surface area contributed by atoms with Gasteiger partial charge >= 0.3 is 11.9 Å². The maximum atomic E-state index is 12.4. The number of pyridine rings is 3. The van der Waals surface area contributed by atoms with Crippen LogP contribution in [0.15, 0.2) is 237 Å². The molecule has 0 aliphatic carbocycles. The van der Waals surface area contributed by atoms with Gasteiger partial charge in [-0.2, -0.15) is 0 Å². The van der Waals surface area contributed by atoms with E-state index in [0.29, 0.717) is 57.1 Å². The van der Waals surface area contributed by atoms with Crippen LogP contribution in [0.2, 0.25) is 0 Å². The Labute approximate surface area is 488 Å². The summed E-state index contributed by atoms with van der Waals surface area (Å²) >= 11 is 0. The van der Waals surface area contributed by atoms with E-state index in [4.69, 9.17) is 38.9 Å². The van der Waals surface area contributed by atoms with Crippen molar-refractivity contribution in [2.75, 3.05) is 47.2 Å². The summed E-state index contributed by atoms with van der Waals surface area (Å²) in [6.07, 6.45) is 16.7. The van der Waals surface area contributed by atoms with Crippen molar-refractivity contribution in [1.29, 1.82) is 0 Å². The van der Waals surface area contributed by atoms with E-state index < -0.39 is 11.9 Å². The van der Waals surface area contributed by atoms with Gasteiger partial charge in [-0.3, -0.25) is 24.5 Å². The third-order valence-corrected chi connectivity index (χ3v) is 11.1. The highest BCUT2D eigenvalue weighted by Crippen LogP contribution is 2.23. The Balaban J connectivity index is 0.000000182. The predicted octanol–water partition coefficient (Wildman–Crippen LogP) is 9.58. The molecule has 23 heteroatoms. The number of hydrogen-bond acceptors (Lipinski definition) is 18. The van der Waals surface area contributed by atoms with Gasteiger partial charge in [0.15, 0.2) is 11.7 Å². The Morgan fingerprint density at radius 2 is 0.941 bits per heavy atom. The van der Waals surface area contributed by atoms with Gasteiger partial charge < -0.3 is 59.7 Å². The Hall–Kier alpha value is -12.4. The van der Waals surface area contributed by atoms with E-state index in [0.717, 1.165) is 28.2 Å². The van der Waals surface area contributed by atoms with Gasteiger partial charge in [-0.25, -0.2) is 34.5 Å². The smallest absolute Gasteiger partial charge is 0.335 e. The second kappa shape index (κ2) is 32.0. The summed E-state index contributed by atoms with van der Waals surface area (Å²) in [6.45, 7) is 0. The molecule has 5 aromatic carbocycles. The molecule has 0 unspecified atom stereocenters. The lowest BCUT2D eigenvalue weighted by atomic mass is 10.2. The van der Waals surface area contributed by atoms with Crippen molar-refractivity contribution < 1.29 is 29.4 Å². The standard InChI is InChI=1S/C22H18N6O.C16H12N4O2.C10H12N2O.C8H9N3O2.C6H8N2/c23-18-5-1-2-6-20(18)27-21(29)15-7-9-17(10-8-15)26-22-25-13-11-19(28-22)16-4-3-12-24-14-16;21-15(22)11-3-5-13(6-4-11)19-16-18-9-7-14(20-16)12-2-1-8-17-10-12;1-12(2)7-5-10(13)9-4-3-6-11-8-9;9-8(10)11-6-3-1-5(2-4-6)7(12)13;7-5-3-1-2-4-6(5)8/h1-14H,23H2,(H,27,29)(H,25,26,28);1-10H,(H,21,22)(H,18,19,20);3-8H,1-2H3;1-4H,(H,12,13)(H4,9,10,11);1-4H,7-8H2/b;;7-5+;;. The zero-order chi connectivity index (χ0) is 60.9. The predicted molar refractivity (Wildman–Crippen MR) is 331 cm³/mol. The summed E-state index contributed by atoms with van der Waals surface area (Å²) < 4.78 is 0. The molecule has 15 N–H and O–H groups in total. The number of aromatic carboxylic acids is 2. The fourth-order valence-electron chi connectivity index (χ4n) is 6.81.